The van der Waals surface area contributed by atoms with Gasteiger partial charge in [-0.1, -0.05) is 33.3 Å². The zero-order valence-electron chi connectivity index (χ0n) is 18.2. The summed E-state index contributed by atoms with van der Waals surface area (Å²) in [5.41, 5.74) is 2.19. The lowest BCUT2D eigenvalue weighted by atomic mass is 9.44. The van der Waals surface area contributed by atoms with Gasteiger partial charge in [-0.2, -0.15) is 0 Å². The lowest BCUT2D eigenvalue weighted by Gasteiger charge is -2.63. The molecule has 0 amide bonds. The average Bonchev–Trinajstić information content (AvgIpc) is 3.00. The molecule has 5 aliphatic rings. The molecule has 2 aliphatic heterocycles. The van der Waals surface area contributed by atoms with Gasteiger partial charge >= 0.3 is 0 Å². The molecule has 1 aromatic carbocycles. The number of ketones is 1. The monoisotopic (exact) mass is 395 g/mol. The van der Waals surface area contributed by atoms with E-state index in [1.807, 2.05) is 6.07 Å². The van der Waals surface area contributed by atoms with E-state index in [4.69, 9.17) is 9.47 Å². The molecule has 156 valence electrons. The number of hydrogen-bond donors (Lipinski definition) is 0. The molecule has 6 rings (SSSR count). The van der Waals surface area contributed by atoms with Crippen LogP contribution in [-0.4, -0.2) is 43.0 Å². The Morgan fingerprint density at radius 1 is 1.28 bits per heavy atom. The number of rotatable bonds is 3. The molecule has 1 saturated heterocycles. The van der Waals surface area contributed by atoms with E-state index in [0.29, 0.717) is 23.7 Å². The summed E-state index contributed by atoms with van der Waals surface area (Å²) in [6.07, 6.45) is 5.94. The molecule has 5 atom stereocenters. The van der Waals surface area contributed by atoms with Gasteiger partial charge in [-0.05, 0) is 61.6 Å². The van der Waals surface area contributed by atoms with Crippen LogP contribution in [0.15, 0.2) is 12.1 Å². The molecule has 3 aliphatic carbocycles. The second-order valence-corrected chi connectivity index (χ2v) is 10.9. The van der Waals surface area contributed by atoms with Gasteiger partial charge < -0.3 is 9.47 Å². The average molecular weight is 396 g/mol. The van der Waals surface area contributed by atoms with Crippen molar-refractivity contribution in [3.63, 3.8) is 0 Å². The highest BCUT2D eigenvalue weighted by Crippen LogP contribution is 2.67. The molecule has 1 aromatic rings. The van der Waals surface area contributed by atoms with Crippen LogP contribution in [0.25, 0.3) is 0 Å². The minimum absolute atomic E-state index is 0.162. The zero-order chi connectivity index (χ0) is 20.1. The summed E-state index contributed by atoms with van der Waals surface area (Å²) in [4.78, 5) is 16.5. The smallest absolute Gasteiger partial charge is 0.180 e. The molecule has 1 spiro atoms. The first-order valence-electron chi connectivity index (χ1n) is 11.5. The van der Waals surface area contributed by atoms with E-state index >= 15 is 0 Å². The third-order valence-corrected chi connectivity index (χ3v) is 9.58. The summed E-state index contributed by atoms with van der Waals surface area (Å²) in [6, 6.07) is 4.81. The predicted molar refractivity (Wildman–Crippen MR) is 112 cm³/mol. The Labute approximate surface area is 173 Å². The van der Waals surface area contributed by atoms with E-state index in [0.717, 1.165) is 36.8 Å². The Kier molecular flexibility index (Phi) is 3.63. The van der Waals surface area contributed by atoms with Crippen LogP contribution in [-0.2, 0) is 16.6 Å². The molecular weight excluding hydrogens is 362 g/mol. The lowest BCUT2D eigenvalue weighted by molar-refractivity contribution is -0.163. The summed E-state index contributed by atoms with van der Waals surface area (Å²) in [5.74, 6) is 3.63. The fourth-order valence-corrected chi connectivity index (χ4v) is 7.54. The van der Waals surface area contributed by atoms with Crippen LogP contribution in [0.4, 0.5) is 0 Å². The quantitative estimate of drug-likeness (QED) is 0.776. The second-order valence-electron chi connectivity index (χ2n) is 10.9. The topological polar surface area (TPSA) is 38.8 Å². The van der Waals surface area contributed by atoms with Crippen LogP contribution in [0, 0.1) is 23.2 Å². The first kappa shape index (κ1) is 18.2. The molecule has 2 unspecified atom stereocenters. The molecule has 3 fully saturated rings. The number of methoxy groups -OCH3 is 1. The van der Waals surface area contributed by atoms with Gasteiger partial charge in [0.1, 0.15) is 0 Å². The van der Waals surface area contributed by atoms with Crippen LogP contribution < -0.4 is 9.47 Å². The van der Waals surface area contributed by atoms with Crippen molar-refractivity contribution in [2.45, 2.75) is 70.4 Å². The highest BCUT2D eigenvalue weighted by molar-refractivity contribution is 5.93. The third kappa shape index (κ3) is 2.07. The van der Waals surface area contributed by atoms with Gasteiger partial charge in [-0.15, -0.1) is 0 Å². The minimum atomic E-state index is -0.358. The zero-order valence-corrected chi connectivity index (χ0v) is 18.2. The number of piperidine rings is 1. The Hall–Kier alpha value is -1.55. The van der Waals surface area contributed by atoms with Gasteiger partial charge in [0.05, 0.1) is 7.11 Å². The van der Waals surface area contributed by atoms with E-state index < -0.39 is 0 Å². The minimum Gasteiger partial charge on any atom is -0.493 e. The van der Waals surface area contributed by atoms with Gasteiger partial charge in [0, 0.05) is 29.0 Å². The van der Waals surface area contributed by atoms with Crippen LogP contribution in [0.1, 0.15) is 57.6 Å². The number of ether oxygens (including phenoxy) is 2. The lowest BCUT2D eigenvalue weighted by Crippen LogP contribution is -2.72. The summed E-state index contributed by atoms with van der Waals surface area (Å²) in [6.45, 7) is 8.97. The summed E-state index contributed by atoms with van der Waals surface area (Å²) >= 11 is 0. The summed E-state index contributed by atoms with van der Waals surface area (Å²) in [7, 11) is 1.71. The SMILES string of the molecule is COc1ccc2c3c1OC1C(=O)C(C)(C)C(C)[C@H]4[C@@H](C2)N(CC2CCC2)CC[C@]314. The van der Waals surface area contributed by atoms with Gasteiger partial charge in [0.25, 0.3) is 0 Å². The fraction of sp³-hybridized carbons (Fsp3) is 0.720. The molecule has 0 N–H and O–H groups in total. The summed E-state index contributed by atoms with van der Waals surface area (Å²) in [5, 5.41) is 0. The van der Waals surface area contributed by atoms with Crippen LogP contribution >= 0.6 is 0 Å². The van der Waals surface area contributed by atoms with Crippen molar-refractivity contribution in [1.82, 2.24) is 4.90 Å². The first-order valence-corrected chi connectivity index (χ1v) is 11.5. The van der Waals surface area contributed by atoms with Gasteiger partial charge in [-0.25, -0.2) is 0 Å². The van der Waals surface area contributed by atoms with Crippen molar-refractivity contribution in [3.8, 4) is 11.5 Å². The number of nitrogens with zero attached hydrogens (tertiary/aromatic N) is 1. The molecule has 0 aromatic heterocycles. The van der Waals surface area contributed by atoms with Crippen LogP contribution in [0.2, 0.25) is 0 Å². The number of carbonyl (C=O) groups excluding carboxylic acids is 1. The van der Waals surface area contributed by atoms with Crippen molar-refractivity contribution in [2.24, 2.45) is 23.2 Å². The van der Waals surface area contributed by atoms with Crippen LogP contribution in [0.3, 0.4) is 0 Å². The first-order chi connectivity index (χ1) is 13.9. The van der Waals surface area contributed by atoms with Crippen molar-refractivity contribution >= 4 is 5.78 Å². The molecule has 4 nitrogen and oxygen atoms in total. The maximum Gasteiger partial charge on any atom is 0.180 e. The molecule has 4 heteroatoms. The highest BCUT2D eigenvalue weighted by Gasteiger charge is 2.71. The molecule has 0 radical (unpaired) electrons. The van der Waals surface area contributed by atoms with Crippen molar-refractivity contribution in [1.29, 1.82) is 0 Å². The normalized spacial score (nSPS) is 39.5. The molecular formula is C25H33NO3. The maximum atomic E-state index is 13.7. The van der Waals surface area contributed by atoms with Gasteiger partial charge in [-0.3, -0.25) is 9.69 Å². The molecule has 2 heterocycles. The fourth-order valence-electron chi connectivity index (χ4n) is 7.54. The number of likely N-dealkylation sites (tertiary alicyclic amines) is 1. The number of hydrogen-bond acceptors (Lipinski definition) is 4. The molecule has 29 heavy (non-hydrogen) atoms. The largest absolute Gasteiger partial charge is 0.493 e. The Balaban J connectivity index is 1.54. The van der Waals surface area contributed by atoms with Crippen LogP contribution in [0.5, 0.6) is 11.5 Å². The number of carbonyl (C=O) groups is 1. The number of Topliss-reactive ketones (excluding diaryl/α,β-unsaturated/α-hetero) is 1. The van der Waals surface area contributed by atoms with E-state index in [2.05, 4.69) is 31.7 Å². The van der Waals surface area contributed by atoms with Crippen molar-refractivity contribution < 1.29 is 14.3 Å². The molecule has 2 bridgehead atoms. The van der Waals surface area contributed by atoms with Crippen molar-refractivity contribution in [2.75, 3.05) is 20.2 Å². The Morgan fingerprint density at radius 2 is 2.07 bits per heavy atom. The second kappa shape index (κ2) is 5.78. The van der Waals surface area contributed by atoms with Gasteiger partial charge in [0.2, 0.25) is 0 Å². The van der Waals surface area contributed by atoms with E-state index in [9.17, 15) is 4.79 Å². The number of benzene rings is 1. The van der Waals surface area contributed by atoms with E-state index in [1.165, 1.54) is 36.9 Å². The summed E-state index contributed by atoms with van der Waals surface area (Å²) < 4.78 is 12.2. The van der Waals surface area contributed by atoms with Gasteiger partial charge in [0.15, 0.2) is 23.4 Å². The maximum absolute atomic E-state index is 13.7. The third-order valence-electron chi connectivity index (χ3n) is 9.58. The Morgan fingerprint density at radius 3 is 2.76 bits per heavy atom. The van der Waals surface area contributed by atoms with E-state index in [1.54, 1.807) is 7.11 Å². The van der Waals surface area contributed by atoms with Crippen molar-refractivity contribution in [3.05, 3.63) is 23.3 Å². The highest BCUT2D eigenvalue weighted by atomic mass is 16.5. The Bertz CT molecular complexity index is 888. The van der Waals surface area contributed by atoms with E-state index in [-0.39, 0.29) is 16.9 Å². The molecule has 2 saturated carbocycles. The standard InChI is InChI=1S/C25H33NO3/c1-14-19-17-12-16-8-9-18(28-4)21-20(16)25(19,23(29-21)22(27)24(14,2)3)10-11-26(17)13-15-6-5-7-15/h8-9,14-15,17,19,23H,5-7,10-13H2,1-4H3/t14?,17-,19+,23?,25+/m1/s1. The predicted octanol–water partition coefficient (Wildman–Crippen LogP) is 3.99.